The first-order valence-electron chi connectivity index (χ1n) is 9.97. The molecule has 3 amide bonds. The van der Waals surface area contributed by atoms with Crippen molar-refractivity contribution in [3.63, 3.8) is 0 Å². The van der Waals surface area contributed by atoms with Gasteiger partial charge in [-0.05, 0) is 42.3 Å². The molecule has 2 rings (SSSR count). The van der Waals surface area contributed by atoms with E-state index in [9.17, 15) is 19.2 Å². The van der Waals surface area contributed by atoms with E-state index in [1.807, 2.05) is 19.9 Å². The van der Waals surface area contributed by atoms with Crippen LogP contribution in [-0.2, 0) is 14.3 Å². The third-order valence-electron chi connectivity index (χ3n) is 4.85. The number of hydrogen-bond acceptors (Lipinski definition) is 5. The number of esters is 1. The zero-order chi connectivity index (χ0) is 22.8. The normalized spacial score (nSPS) is 12.2. The van der Waals surface area contributed by atoms with Gasteiger partial charge in [0.2, 0.25) is 5.91 Å². The van der Waals surface area contributed by atoms with Crippen LogP contribution in [0.25, 0.3) is 0 Å². The number of benzene rings is 2. The van der Waals surface area contributed by atoms with Crippen LogP contribution in [-0.4, -0.2) is 43.4 Å². The van der Waals surface area contributed by atoms with Crippen LogP contribution >= 0.6 is 0 Å². The molecule has 0 aliphatic carbocycles. The number of carbonyl (C=O) groups is 4. The molecule has 0 saturated heterocycles. The number of carbonyl (C=O) groups excluding carboxylic acids is 4. The molecule has 2 aromatic rings. The molecule has 164 valence electrons. The smallest absolute Gasteiger partial charge is 0.325 e. The summed E-state index contributed by atoms with van der Waals surface area (Å²) in [5.41, 5.74) is 1.29. The summed E-state index contributed by atoms with van der Waals surface area (Å²) in [6.45, 7) is 3.61. The number of amides is 3. The Labute approximate surface area is 181 Å². The average molecular weight is 425 g/mol. The summed E-state index contributed by atoms with van der Waals surface area (Å²) in [6.07, 6.45) is 0.701. The highest BCUT2D eigenvalue weighted by Crippen LogP contribution is 2.14. The summed E-state index contributed by atoms with van der Waals surface area (Å²) < 4.78 is 4.47. The minimum atomic E-state index is -0.722. The molecule has 8 heteroatoms. The van der Waals surface area contributed by atoms with E-state index in [-0.39, 0.29) is 24.3 Å². The Balaban J connectivity index is 2.03. The lowest BCUT2D eigenvalue weighted by Gasteiger charge is -2.23. The lowest BCUT2D eigenvalue weighted by atomic mass is 9.97. The Hall–Kier alpha value is -3.68. The third kappa shape index (κ3) is 6.95. The lowest BCUT2D eigenvalue weighted by Crippen LogP contribution is -2.47. The van der Waals surface area contributed by atoms with E-state index in [4.69, 9.17) is 0 Å². The predicted molar refractivity (Wildman–Crippen MR) is 117 cm³/mol. The van der Waals surface area contributed by atoms with Crippen LogP contribution in [0.2, 0.25) is 0 Å². The maximum absolute atomic E-state index is 12.9. The number of rotatable bonds is 9. The van der Waals surface area contributed by atoms with Crippen molar-refractivity contribution in [2.75, 3.05) is 19.0 Å². The summed E-state index contributed by atoms with van der Waals surface area (Å²) in [7, 11) is 1.24. The summed E-state index contributed by atoms with van der Waals surface area (Å²) >= 11 is 0. The number of nitrogens with one attached hydrogen (secondary N) is 3. The van der Waals surface area contributed by atoms with Gasteiger partial charge in [0.25, 0.3) is 11.8 Å². The Bertz CT molecular complexity index is 913. The van der Waals surface area contributed by atoms with Gasteiger partial charge in [0.15, 0.2) is 0 Å². The lowest BCUT2D eigenvalue weighted by molar-refractivity contribution is -0.139. The second-order valence-corrected chi connectivity index (χ2v) is 7.03. The van der Waals surface area contributed by atoms with Crippen LogP contribution in [0.1, 0.15) is 41.0 Å². The maximum atomic E-state index is 12.9. The second kappa shape index (κ2) is 11.5. The largest absolute Gasteiger partial charge is 0.468 e. The predicted octanol–water partition coefficient (Wildman–Crippen LogP) is 2.37. The molecular weight excluding hydrogens is 398 g/mol. The van der Waals surface area contributed by atoms with Crippen LogP contribution in [0.4, 0.5) is 5.69 Å². The van der Waals surface area contributed by atoms with Crippen LogP contribution in [0.15, 0.2) is 54.6 Å². The monoisotopic (exact) mass is 425 g/mol. The van der Waals surface area contributed by atoms with Crippen molar-refractivity contribution in [3.8, 4) is 0 Å². The average Bonchev–Trinajstić information content (AvgIpc) is 2.80. The van der Waals surface area contributed by atoms with Crippen molar-refractivity contribution < 1.29 is 23.9 Å². The fourth-order valence-electron chi connectivity index (χ4n) is 2.77. The number of hydrogen-bond donors (Lipinski definition) is 3. The van der Waals surface area contributed by atoms with Crippen molar-refractivity contribution in [2.45, 2.75) is 26.3 Å². The zero-order valence-electron chi connectivity index (χ0n) is 17.8. The highest BCUT2D eigenvalue weighted by atomic mass is 16.5. The van der Waals surface area contributed by atoms with E-state index in [0.29, 0.717) is 23.2 Å². The van der Waals surface area contributed by atoms with E-state index in [1.165, 1.54) is 19.2 Å². The second-order valence-electron chi connectivity index (χ2n) is 7.03. The van der Waals surface area contributed by atoms with E-state index < -0.39 is 17.9 Å². The van der Waals surface area contributed by atoms with E-state index in [2.05, 4.69) is 20.7 Å². The highest BCUT2D eigenvalue weighted by molar-refractivity contribution is 6.02. The molecule has 3 N–H and O–H groups in total. The van der Waals surface area contributed by atoms with E-state index >= 15 is 0 Å². The van der Waals surface area contributed by atoms with Crippen LogP contribution in [0, 0.1) is 5.92 Å². The quantitative estimate of drug-likeness (QED) is 0.534. The minimum absolute atomic E-state index is 0.0870. The molecular formula is C23H27N3O5. The van der Waals surface area contributed by atoms with Gasteiger partial charge in [-0.25, -0.2) is 0 Å². The molecule has 0 bridgehead atoms. The summed E-state index contributed by atoms with van der Waals surface area (Å²) in [6, 6.07) is 14.2. The molecule has 0 saturated carbocycles. The summed E-state index contributed by atoms with van der Waals surface area (Å²) in [4.78, 5) is 48.5. The van der Waals surface area contributed by atoms with Crippen LogP contribution < -0.4 is 16.0 Å². The summed E-state index contributed by atoms with van der Waals surface area (Å²) in [5, 5.41) is 8.03. The maximum Gasteiger partial charge on any atom is 0.325 e. The van der Waals surface area contributed by atoms with Crippen LogP contribution in [0.5, 0.6) is 0 Å². The SMILES string of the molecule is CCC(C)C(NC(=O)c1ccccc1)C(=O)Nc1ccc(C(=O)NCC(=O)OC)cc1. The van der Waals surface area contributed by atoms with Crippen LogP contribution in [0.3, 0.4) is 0 Å². The Morgan fingerprint density at radius 1 is 0.903 bits per heavy atom. The highest BCUT2D eigenvalue weighted by Gasteiger charge is 2.26. The molecule has 0 aromatic heterocycles. The van der Waals surface area contributed by atoms with Gasteiger partial charge in [0.1, 0.15) is 12.6 Å². The van der Waals surface area contributed by atoms with E-state index in [0.717, 1.165) is 0 Å². The molecule has 2 aromatic carbocycles. The standard InChI is InChI=1S/C23H27N3O5/c1-4-15(2)20(26-22(29)16-8-6-5-7-9-16)23(30)25-18-12-10-17(11-13-18)21(28)24-14-19(27)31-3/h5-13,15,20H,4,14H2,1-3H3,(H,24,28)(H,25,30)(H,26,29). The molecule has 0 heterocycles. The van der Waals surface area contributed by atoms with Gasteiger partial charge >= 0.3 is 5.97 Å². The van der Waals surface area contributed by atoms with Gasteiger partial charge in [-0.3, -0.25) is 19.2 Å². The Kier molecular flexibility index (Phi) is 8.75. The number of methoxy groups -OCH3 is 1. The first-order chi connectivity index (χ1) is 14.8. The zero-order valence-corrected chi connectivity index (χ0v) is 17.8. The molecule has 0 aliphatic rings. The fourth-order valence-corrected chi connectivity index (χ4v) is 2.77. The molecule has 0 radical (unpaired) electrons. The van der Waals surface area contributed by atoms with Crippen molar-refractivity contribution in [1.82, 2.24) is 10.6 Å². The minimum Gasteiger partial charge on any atom is -0.468 e. The van der Waals surface area contributed by atoms with Gasteiger partial charge in [0, 0.05) is 16.8 Å². The number of anilines is 1. The topological polar surface area (TPSA) is 114 Å². The summed E-state index contributed by atoms with van der Waals surface area (Å²) in [5.74, 6) is -1.74. The molecule has 2 atom stereocenters. The molecule has 31 heavy (non-hydrogen) atoms. The molecule has 0 aliphatic heterocycles. The molecule has 0 spiro atoms. The number of ether oxygens (including phenoxy) is 1. The van der Waals surface area contributed by atoms with Gasteiger partial charge in [0.05, 0.1) is 7.11 Å². The first kappa shape index (κ1) is 23.6. The van der Waals surface area contributed by atoms with Gasteiger partial charge in [-0.2, -0.15) is 0 Å². The fraction of sp³-hybridized carbons (Fsp3) is 0.304. The molecule has 0 fully saturated rings. The third-order valence-corrected chi connectivity index (χ3v) is 4.85. The molecule has 2 unspecified atom stereocenters. The van der Waals surface area contributed by atoms with Crippen molar-refractivity contribution in [3.05, 3.63) is 65.7 Å². The Morgan fingerprint density at radius 3 is 2.10 bits per heavy atom. The van der Waals surface area contributed by atoms with Crippen molar-refractivity contribution >= 4 is 29.4 Å². The first-order valence-corrected chi connectivity index (χ1v) is 9.97. The van der Waals surface area contributed by atoms with Gasteiger partial charge in [-0.15, -0.1) is 0 Å². The van der Waals surface area contributed by atoms with Crippen molar-refractivity contribution in [1.29, 1.82) is 0 Å². The van der Waals surface area contributed by atoms with E-state index in [1.54, 1.807) is 36.4 Å². The Morgan fingerprint density at radius 2 is 1.52 bits per heavy atom. The van der Waals surface area contributed by atoms with Gasteiger partial charge < -0.3 is 20.7 Å². The molecule has 8 nitrogen and oxygen atoms in total. The van der Waals surface area contributed by atoms with Gasteiger partial charge in [-0.1, -0.05) is 38.5 Å². The van der Waals surface area contributed by atoms with Crippen molar-refractivity contribution in [2.24, 2.45) is 5.92 Å².